The van der Waals surface area contributed by atoms with E-state index >= 15 is 0 Å². The highest BCUT2D eigenvalue weighted by molar-refractivity contribution is 7.80. The Bertz CT molecular complexity index is 497. The zero-order valence-electron chi connectivity index (χ0n) is 8.94. The van der Waals surface area contributed by atoms with Crippen LogP contribution in [0.5, 0.6) is 0 Å². The van der Waals surface area contributed by atoms with E-state index in [-0.39, 0.29) is 5.82 Å². The Kier molecular flexibility index (Phi) is 4.06. The van der Waals surface area contributed by atoms with Crippen molar-refractivity contribution in [1.29, 1.82) is 0 Å². The third-order valence-electron chi connectivity index (χ3n) is 2.09. The van der Waals surface area contributed by atoms with Crippen molar-refractivity contribution in [1.82, 2.24) is 5.32 Å². The number of hydrogen-bond donors (Lipinski definition) is 2. The Morgan fingerprint density at radius 1 is 1.29 bits per heavy atom. The van der Waals surface area contributed by atoms with Crippen molar-refractivity contribution >= 4 is 34.4 Å². The van der Waals surface area contributed by atoms with E-state index in [1.807, 2.05) is 17.5 Å². The molecule has 5 heteroatoms. The summed E-state index contributed by atoms with van der Waals surface area (Å²) in [5.41, 5.74) is 0.647. The van der Waals surface area contributed by atoms with Crippen molar-refractivity contribution in [2.45, 2.75) is 6.54 Å². The van der Waals surface area contributed by atoms with Gasteiger partial charge >= 0.3 is 0 Å². The van der Waals surface area contributed by atoms with Crippen LogP contribution in [0.2, 0.25) is 0 Å². The smallest absolute Gasteiger partial charge is 0.171 e. The van der Waals surface area contributed by atoms with E-state index in [9.17, 15) is 4.39 Å². The van der Waals surface area contributed by atoms with E-state index in [1.165, 1.54) is 17.0 Å². The highest BCUT2D eigenvalue weighted by Gasteiger charge is 1.99. The summed E-state index contributed by atoms with van der Waals surface area (Å²) in [5, 5.41) is 8.50. The average molecular weight is 266 g/mol. The molecule has 0 saturated carbocycles. The lowest BCUT2D eigenvalue weighted by atomic mass is 10.3. The first-order chi connectivity index (χ1) is 8.24. The van der Waals surface area contributed by atoms with Gasteiger partial charge in [-0.3, -0.25) is 0 Å². The maximum Gasteiger partial charge on any atom is 0.171 e. The van der Waals surface area contributed by atoms with Crippen LogP contribution in [-0.4, -0.2) is 5.11 Å². The van der Waals surface area contributed by atoms with Crippen molar-refractivity contribution in [2.75, 3.05) is 5.32 Å². The molecule has 0 bridgehead atoms. The molecule has 0 aliphatic rings. The van der Waals surface area contributed by atoms with Crippen LogP contribution in [0.4, 0.5) is 10.1 Å². The number of nitrogens with one attached hydrogen (secondary N) is 2. The fourth-order valence-electron chi connectivity index (χ4n) is 1.32. The van der Waals surface area contributed by atoms with Gasteiger partial charge in [-0.05, 0) is 41.9 Å². The molecule has 2 N–H and O–H groups in total. The molecule has 0 amide bonds. The summed E-state index contributed by atoms with van der Waals surface area (Å²) in [4.78, 5) is 1.20. The Morgan fingerprint density at radius 2 is 2.18 bits per heavy atom. The molecule has 0 aliphatic carbocycles. The van der Waals surface area contributed by atoms with Crippen LogP contribution < -0.4 is 10.6 Å². The fraction of sp³-hybridized carbons (Fsp3) is 0.0833. The molecule has 88 valence electrons. The van der Waals surface area contributed by atoms with Crippen molar-refractivity contribution < 1.29 is 4.39 Å². The van der Waals surface area contributed by atoms with Crippen LogP contribution in [0.3, 0.4) is 0 Å². The number of thiocarbonyl (C=S) groups is 1. The second-order valence-electron chi connectivity index (χ2n) is 3.40. The van der Waals surface area contributed by atoms with Crippen LogP contribution >= 0.6 is 23.6 Å². The first-order valence-electron chi connectivity index (χ1n) is 5.07. The number of thiophene rings is 1. The van der Waals surface area contributed by atoms with E-state index in [0.717, 1.165) is 0 Å². The molecule has 0 radical (unpaired) electrons. The quantitative estimate of drug-likeness (QED) is 0.833. The molecule has 17 heavy (non-hydrogen) atoms. The maximum atomic E-state index is 12.9. The molecule has 0 unspecified atom stereocenters. The standard InChI is InChI=1S/C12H11FN2S2/c13-9-3-1-4-10(7-9)15-12(16)14-8-11-5-2-6-17-11/h1-7H,8H2,(H2,14,15,16). The van der Waals surface area contributed by atoms with Crippen molar-refractivity contribution in [3.8, 4) is 0 Å². The predicted octanol–water partition coefficient (Wildman–Crippen LogP) is 3.37. The van der Waals surface area contributed by atoms with Crippen molar-refractivity contribution in [3.63, 3.8) is 0 Å². The summed E-state index contributed by atoms with van der Waals surface area (Å²) in [5.74, 6) is -0.281. The monoisotopic (exact) mass is 266 g/mol. The Balaban J connectivity index is 1.85. The van der Waals surface area contributed by atoms with Gasteiger partial charge in [-0.15, -0.1) is 11.3 Å². The number of rotatable bonds is 3. The van der Waals surface area contributed by atoms with Crippen LogP contribution in [0, 0.1) is 5.82 Å². The summed E-state index contributed by atoms with van der Waals surface area (Å²) < 4.78 is 12.9. The second kappa shape index (κ2) is 5.75. The van der Waals surface area contributed by atoms with Gasteiger partial charge in [0.25, 0.3) is 0 Å². The van der Waals surface area contributed by atoms with E-state index in [4.69, 9.17) is 12.2 Å². The molecule has 0 spiro atoms. The van der Waals surface area contributed by atoms with Gasteiger partial charge in [-0.2, -0.15) is 0 Å². The third-order valence-corrected chi connectivity index (χ3v) is 3.21. The lowest BCUT2D eigenvalue weighted by Crippen LogP contribution is -2.27. The first kappa shape index (κ1) is 12.0. The lowest BCUT2D eigenvalue weighted by Gasteiger charge is -2.09. The van der Waals surface area contributed by atoms with Gasteiger partial charge in [-0.1, -0.05) is 12.1 Å². The van der Waals surface area contributed by atoms with Gasteiger partial charge in [-0.25, -0.2) is 4.39 Å². The van der Waals surface area contributed by atoms with Gasteiger partial charge in [0.1, 0.15) is 5.82 Å². The molecule has 0 saturated heterocycles. The van der Waals surface area contributed by atoms with Crippen molar-refractivity contribution in [2.24, 2.45) is 0 Å². The number of anilines is 1. The summed E-state index contributed by atoms with van der Waals surface area (Å²) in [7, 11) is 0. The van der Waals surface area contributed by atoms with Gasteiger partial charge in [0.05, 0.1) is 6.54 Å². The molecule has 2 nitrogen and oxygen atoms in total. The lowest BCUT2D eigenvalue weighted by molar-refractivity contribution is 0.628. The Hall–Kier alpha value is -1.46. The zero-order chi connectivity index (χ0) is 12.1. The predicted molar refractivity (Wildman–Crippen MR) is 73.8 cm³/mol. The normalized spacial score (nSPS) is 9.94. The Labute approximate surface area is 108 Å². The van der Waals surface area contributed by atoms with Crippen LogP contribution in [-0.2, 0) is 6.54 Å². The van der Waals surface area contributed by atoms with Crippen LogP contribution in [0.25, 0.3) is 0 Å². The van der Waals surface area contributed by atoms with Gasteiger partial charge in [0, 0.05) is 10.6 Å². The van der Waals surface area contributed by atoms with E-state index in [0.29, 0.717) is 17.3 Å². The second-order valence-corrected chi connectivity index (χ2v) is 4.84. The van der Waals surface area contributed by atoms with Gasteiger partial charge in [0.15, 0.2) is 5.11 Å². The number of hydrogen-bond acceptors (Lipinski definition) is 2. The average Bonchev–Trinajstić information content (AvgIpc) is 2.79. The highest BCUT2D eigenvalue weighted by Crippen LogP contribution is 2.10. The molecule has 2 rings (SSSR count). The highest BCUT2D eigenvalue weighted by atomic mass is 32.1. The van der Waals surface area contributed by atoms with E-state index in [1.54, 1.807) is 23.5 Å². The van der Waals surface area contributed by atoms with Crippen LogP contribution in [0.1, 0.15) is 4.88 Å². The summed E-state index contributed by atoms with van der Waals surface area (Å²) >= 11 is 6.78. The first-order valence-corrected chi connectivity index (χ1v) is 6.35. The summed E-state index contributed by atoms with van der Waals surface area (Å²) in [6.45, 7) is 0.679. The molecule has 1 aromatic heterocycles. The molecule has 0 fully saturated rings. The minimum atomic E-state index is -0.281. The minimum Gasteiger partial charge on any atom is -0.358 e. The zero-order valence-corrected chi connectivity index (χ0v) is 10.6. The molecular formula is C12H11FN2S2. The maximum absolute atomic E-state index is 12.9. The number of benzene rings is 1. The number of halogens is 1. The minimum absolute atomic E-state index is 0.281. The molecule has 1 aromatic carbocycles. The molecule has 1 heterocycles. The van der Waals surface area contributed by atoms with Crippen molar-refractivity contribution in [3.05, 3.63) is 52.5 Å². The van der Waals surface area contributed by atoms with Gasteiger partial charge < -0.3 is 10.6 Å². The Morgan fingerprint density at radius 3 is 2.88 bits per heavy atom. The third kappa shape index (κ3) is 3.80. The summed E-state index contributed by atoms with van der Waals surface area (Å²) in [6, 6.07) is 10.2. The largest absolute Gasteiger partial charge is 0.358 e. The van der Waals surface area contributed by atoms with Crippen LogP contribution in [0.15, 0.2) is 41.8 Å². The summed E-state index contributed by atoms with van der Waals surface area (Å²) in [6.07, 6.45) is 0. The molecule has 2 aromatic rings. The molecule has 0 aliphatic heterocycles. The topological polar surface area (TPSA) is 24.1 Å². The molecular weight excluding hydrogens is 255 g/mol. The molecule has 0 atom stereocenters. The van der Waals surface area contributed by atoms with E-state index in [2.05, 4.69) is 10.6 Å². The fourth-order valence-corrected chi connectivity index (χ4v) is 2.16. The SMILES string of the molecule is Fc1cccc(NC(=S)NCc2cccs2)c1. The van der Waals surface area contributed by atoms with E-state index < -0.39 is 0 Å². The van der Waals surface area contributed by atoms with Gasteiger partial charge in [0.2, 0.25) is 0 Å².